The molecule has 0 aromatic carbocycles. The van der Waals surface area contributed by atoms with Gasteiger partial charge in [-0.25, -0.2) is 4.79 Å². The molecule has 1 aliphatic rings. The summed E-state index contributed by atoms with van der Waals surface area (Å²) in [6.07, 6.45) is 0.0171. The number of carbonyl (C=O) groups is 1. The Morgan fingerprint density at radius 1 is 1.75 bits per heavy atom. The lowest BCUT2D eigenvalue weighted by molar-refractivity contribution is 0.0423. The molecular weight excluding hydrogens is 110 g/mol. The predicted molar refractivity (Wildman–Crippen MR) is 25.3 cm³/mol. The Morgan fingerprint density at radius 3 is 2.38 bits per heavy atom. The highest BCUT2D eigenvalue weighted by atomic mass is 16.7. The normalized spacial score (nSPS) is 22.1. The molecule has 1 saturated carbocycles. The second-order valence-corrected chi connectivity index (χ2v) is 1.93. The van der Waals surface area contributed by atoms with E-state index in [1.54, 1.807) is 0 Å². The fourth-order valence-electron chi connectivity index (χ4n) is 0.399. The van der Waals surface area contributed by atoms with E-state index in [-0.39, 0.29) is 0 Å². The van der Waals surface area contributed by atoms with Gasteiger partial charge in [-0.05, 0) is 0 Å². The third-order valence-corrected chi connectivity index (χ3v) is 1.03. The monoisotopic (exact) mass is 117 g/mol. The number of rotatable bonds is 1. The first-order chi connectivity index (χ1) is 3.62. The van der Waals surface area contributed by atoms with Crippen molar-refractivity contribution < 1.29 is 14.6 Å². The summed E-state index contributed by atoms with van der Waals surface area (Å²) in [6, 6.07) is 0. The molecule has 0 atom stereocenters. The second kappa shape index (κ2) is 1.35. The minimum atomic E-state index is -1.29. The molecule has 0 spiro atoms. The molecule has 3 N–H and O–H groups in total. The number of hydrogen-bond acceptors (Lipinski definition) is 3. The Balaban J connectivity index is 2.29. The highest BCUT2D eigenvalue weighted by molar-refractivity contribution is 5.57. The fourth-order valence-corrected chi connectivity index (χ4v) is 0.399. The van der Waals surface area contributed by atoms with E-state index in [1.165, 1.54) is 0 Å². The zero-order valence-electron chi connectivity index (χ0n) is 4.26. The molecule has 0 aromatic rings. The third kappa shape index (κ3) is 1.10. The van der Waals surface area contributed by atoms with Gasteiger partial charge >= 0.3 is 6.16 Å². The lowest BCUT2D eigenvalue weighted by Crippen LogP contribution is -2.28. The summed E-state index contributed by atoms with van der Waals surface area (Å²) in [7, 11) is 0. The maximum absolute atomic E-state index is 9.75. The summed E-state index contributed by atoms with van der Waals surface area (Å²) >= 11 is 0. The van der Waals surface area contributed by atoms with E-state index in [2.05, 4.69) is 4.74 Å². The Morgan fingerprint density at radius 2 is 2.25 bits per heavy atom. The maximum Gasteiger partial charge on any atom is 0.507 e. The van der Waals surface area contributed by atoms with Crippen LogP contribution in [0.5, 0.6) is 0 Å². The first-order valence-corrected chi connectivity index (χ1v) is 2.33. The van der Waals surface area contributed by atoms with Gasteiger partial charge in [0.05, 0.1) is 0 Å². The van der Waals surface area contributed by atoms with Crippen molar-refractivity contribution in [3.63, 3.8) is 0 Å². The first-order valence-electron chi connectivity index (χ1n) is 2.33. The van der Waals surface area contributed by atoms with Crippen LogP contribution in [0, 0.1) is 0 Å². The molecule has 0 radical (unpaired) electrons. The van der Waals surface area contributed by atoms with Crippen LogP contribution in [0.4, 0.5) is 4.79 Å². The Bertz CT molecular complexity index is 118. The number of ether oxygens (including phenoxy) is 1. The van der Waals surface area contributed by atoms with E-state index in [1.807, 2.05) is 0 Å². The highest BCUT2D eigenvalue weighted by Gasteiger charge is 2.42. The molecular formula is C4H7NO3. The summed E-state index contributed by atoms with van der Waals surface area (Å²) in [6.45, 7) is 0. The number of nitrogens with two attached hydrogens (primary N) is 1. The second-order valence-electron chi connectivity index (χ2n) is 1.93. The number of carboxylic acid groups (broad SMARTS) is 1. The van der Waals surface area contributed by atoms with E-state index in [4.69, 9.17) is 10.8 Å². The topological polar surface area (TPSA) is 72.5 Å². The van der Waals surface area contributed by atoms with E-state index in [0.717, 1.165) is 0 Å². The van der Waals surface area contributed by atoms with Crippen LogP contribution in [-0.4, -0.2) is 17.0 Å². The average molecular weight is 117 g/mol. The predicted octanol–water partition coefficient (Wildman–Crippen LogP) is 0.130. The largest absolute Gasteiger partial charge is 0.507 e. The van der Waals surface area contributed by atoms with Crippen molar-refractivity contribution >= 4 is 6.16 Å². The molecule has 1 aliphatic carbocycles. The molecule has 0 saturated heterocycles. The number of hydrogen-bond donors (Lipinski definition) is 2. The summed E-state index contributed by atoms with van der Waals surface area (Å²) in [5.41, 5.74) is 4.42. The van der Waals surface area contributed by atoms with Crippen molar-refractivity contribution in [1.29, 1.82) is 0 Å². The molecule has 0 bridgehead atoms. The summed E-state index contributed by atoms with van der Waals surface area (Å²) in [5, 5.41) is 7.99. The van der Waals surface area contributed by atoms with E-state index in [9.17, 15) is 4.79 Å². The van der Waals surface area contributed by atoms with Gasteiger partial charge in [0.15, 0.2) is 5.72 Å². The Hall–Kier alpha value is -0.770. The van der Waals surface area contributed by atoms with Crippen LogP contribution in [0.2, 0.25) is 0 Å². The molecule has 0 aliphatic heterocycles. The summed E-state index contributed by atoms with van der Waals surface area (Å²) in [5.74, 6) is 0. The molecule has 0 unspecified atom stereocenters. The van der Waals surface area contributed by atoms with Crippen LogP contribution in [0.25, 0.3) is 0 Å². The maximum atomic E-state index is 9.75. The van der Waals surface area contributed by atoms with Gasteiger partial charge in [0.25, 0.3) is 0 Å². The Labute approximate surface area is 46.2 Å². The highest BCUT2D eigenvalue weighted by Crippen LogP contribution is 2.33. The van der Waals surface area contributed by atoms with E-state index >= 15 is 0 Å². The standard InChI is InChI=1S/C4H7NO3/c5-4(1-2-4)8-3(6)7/h1-2,5H2,(H,6,7). The zero-order valence-corrected chi connectivity index (χ0v) is 4.26. The minimum absolute atomic E-state index is 0.652. The molecule has 4 heteroatoms. The van der Waals surface area contributed by atoms with Crippen molar-refractivity contribution in [3.05, 3.63) is 0 Å². The van der Waals surface area contributed by atoms with Crippen LogP contribution in [0.3, 0.4) is 0 Å². The smallest absolute Gasteiger partial charge is 0.450 e. The van der Waals surface area contributed by atoms with Gasteiger partial charge in [-0.2, -0.15) is 0 Å². The Kier molecular flexibility index (Phi) is 0.907. The summed E-state index contributed by atoms with van der Waals surface area (Å²) < 4.78 is 4.24. The lowest BCUT2D eigenvalue weighted by Gasteiger charge is -2.04. The van der Waals surface area contributed by atoms with Gasteiger partial charge in [-0.1, -0.05) is 0 Å². The molecule has 8 heavy (non-hydrogen) atoms. The van der Waals surface area contributed by atoms with Crippen molar-refractivity contribution in [2.24, 2.45) is 5.73 Å². The van der Waals surface area contributed by atoms with Crippen molar-refractivity contribution in [3.8, 4) is 0 Å². The van der Waals surface area contributed by atoms with Gasteiger partial charge in [0, 0.05) is 12.8 Å². The minimum Gasteiger partial charge on any atom is -0.450 e. The van der Waals surface area contributed by atoms with Gasteiger partial charge in [-0.15, -0.1) is 0 Å². The van der Waals surface area contributed by atoms with Crippen LogP contribution in [0.1, 0.15) is 12.8 Å². The fraction of sp³-hybridized carbons (Fsp3) is 0.750. The molecule has 46 valence electrons. The molecule has 0 amide bonds. The van der Waals surface area contributed by atoms with Crippen molar-refractivity contribution in [2.75, 3.05) is 0 Å². The lowest BCUT2D eigenvalue weighted by atomic mass is 10.6. The van der Waals surface area contributed by atoms with Crippen LogP contribution >= 0.6 is 0 Å². The average Bonchev–Trinajstić information content (AvgIpc) is 2.17. The molecule has 1 rings (SSSR count). The van der Waals surface area contributed by atoms with Gasteiger partial charge in [-0.3, -0.25) is 5.73 Å². The van der Waals surface area contributed by atoms with E-state index in [0.29, 0.717) is 12.8 Å². The summed E-state index contributed by atoms with van der Waals surface area (Å²) in [4.78, 5) is 9.75. The van der Waals surface area contributed by atoms with Crippen molar-refractivity contribution in [1.82, 2.24) is 0 Å². The van der Waals surface area contributed by atoms with Crippen molar-refractivity contribution in [2.45, 2.75) is 18.6 Å². The van der Waals surface area contributed by atoms with Crippen LogP contribution in [-0.2, 0) is 4.74 Å². The first kappa shape index (κ1) is 5.37. The SMILES string of the molecule is NC1(OC(=O)O)CC1. The molecule has 0 heterocycles. The zero-order chi connectivity index (χ0) is 6.20. The van der Waals surface area contributed by atoms with Gasteiger partial charge < -0.3 is 9.84 Å². The van der Waals surface area contributed by atoms with E-state index < -0.39 is 11.9 Å². The van der Waals surface area contributed by atoms with Gasteiger partial charge in [0.1, 0.15) is 0 Å². The quantitative estimate of drug-likeness (QED) is 0.378. The molecule has 4 nitrogen and oxygen atoms in total. The molecule has 1 fully saturated rings. The van der Waals surface area contributed by atoms with Crippen LogP contribution < -0.4 is 5.73 Å². The third-order valence-electron chi connectivity index (χ3n) is 1.03. The van der Waals surface area contributed by atoms with Gasteiger partial charge in [0.2, 0.25) is 0 Å². The van der Waals surface area contributed by atoms with Crippen LogP contribution in [0.15, 0.2) is 0 Å². The molecule has 0 aromatic heterocycles.